The number of nitrogens with one attached hydrogen (secondary N) is 1. The topological polar surface area (TPSA) is 85.1 Å². The number of carbonyl (C=O) groups excluding carboxylic acids is 2. The molecule has 0 spiro atoms. The highest BCUT2D eigenvalue weighted by molar-refractivity contribution is 7.09. The second-order valence-corrected chi connectivity index (χ2v) is 7.08. The average Bonchev–Trinajstić information content (AvgIpc) is 3.18. The van der Waals surface area contributed by atoms with Gasteiger partial charge in [-0.05, 0) is 42.7 Å². The smallest absolute Gasteiger partial charge is 0.251 e. The van der Waals surface area contributed by atoms with Crippen LogP contribution in [0.15, 0.2) is 60.0 Å². The summed E-state index contributed by atoms with van der Waals surface area (Å²) >= 11 is 1.55. The SMILES string of the molecule is CCc1csc(C(Cc2ccc(C(N)=O)cc2)NC(=O)c2ccccc2)n1. The fraction of sp³-hybridized carbons (Fsp3) is 0.190. The van der Waals surface area contributed by atoms with Gasteiger partial charge >= 0.3 is 0 Å². The first kappa shape index (κ1) is 18.8. The van der Waals surface area contributed by atoms with Crippen molar-refractivity contribution in [2.45, 2.75) is 25.8 Å². The number of benzene rings is 2. The van der Waals surface area contributed by atoms with Crippen molar-refractivity contribution < 1.29 is 9.59 Å². The van der Waals surface area contributed by atoms with Gasteiger partial charge in [0.15, 0.2) is 0 Å². The van der Waals surface area contributed by atoms with E-state index < -0.39 is 5.91 Å². The van der Waals surface area contributed by atoms with Gasteiger partial charge in [-0.15, -0.1) is 11.3 Å². The van der Waals surface area contributed by atoms with Gasteiger partial charge in [0, 0.05) is 16.5 Å². The third-order valence-electron chi connectivity index (χ3n) is 4.25. The van der Waals surface area contributed by atoms with Crippen LogP contribution in [0.1, 0.15) is 49.9 Å². The summed E-state index contributed by atoms with van der Waals surface area (Å²) in [6, 6.07) is 16.0. The van der Waals surface area contributed by atoms with E-state index in [4.69, 9.17) is 5.73 Å². The van der Waals surface area contributed by atoms with Gasteiger partial charge in [0.2, 0.25) is 5.91 Å². The third-order valence-corrected chi connectivity index (χ3v) is 5.26. The summed E-state index contributed by atoms with van der Waals surface area (Å²) in [5.41, 5.74) is 8.38. The number of primary amides is 1. The van der Waals surface area contributed by atoms with Crippen molar-refractivity contribution in [3.63, 3.8) is 0 Å². The maximum absolute atomic E-state index is 12.6. The Labute approximate surface area is 162 Å². The van der Waals surface area contributed by atoms with Gasteiger partial charge in [0.05, 0.1) is 11.7 Å². The number of aromatic nitrogens is 1. The molecule has 0 aliphatic carbocycles. The first-order valence-corrected chi connectivity index (χ1v) is 9.63. The fourth-order valence-corrected chi connectivity index (χ4v) is 3.67. The molecular weight excluding hydrogens is 358 g/mol. The van der Waals surface area contributed by atoms with E-state index in [9.17, 15) is 9.59 Å². The molecule has 1 aromatic heterocycles. The lowest BCUT2D eigenvalue weighted by molar-refractivity contribution is 0.0935. The standard InChI is InChI=1S/C21H21N3O2S/c1-2-17-13-27-21(23-17)18(24-20(26)16-6-4-3-5-7-16)12-14-8-10-15(11-9-14)19(22)25/h3-11,13,18H,2,12H2,1H3,(H2,22,25)(H,24,26). The molecule has 1 unspecified atom stereocenters. The molecule has 0 aliphatic rings. The molecule has 0 aliphatic heterocycles. The number of hydrogen-bond acceptors (Lipinski definition) is 4. The Kier molecular flexibility index (Phi) is 5.98. The maximum Gasteiger partial charge on any atom is 0.251 e. The molecule has 3 rings (SSSR count). The number of rotatable bonds is 7. The van der Waals surface area contributed by atoms with Crippen molar-refractivity contribution in [1.82, 2.24) is 10.3 Å². The largest absolute Gasteiger partial charge is 0.366 e. The number of nitrogens with zero attached hydrogens (tertiary/aromatic N) is 1. The number of carbonyl (C=O) groups is 2. The zero-order valence-electron chi connectivity index (χ0n) is 15.0. The van der Waals surface area contributed by atoms with Gasteiger partial charge in [-0.3, -0.25) is 9.59 Å². The Hall–Kier alpha value is -2.99. The average molecular weight is 379 g/mol. The maximum atomic E-state index is 12.6. The van der Waals surface area contributed by atoms with Crippen LogP contribution in [0.5, 0.6) is 0 Å². The first-order valence-electron chi connectivity index (χ1n) is 8.75. The second-order valence-electron chi connectivity index (χ2n) is 6.19. The lowest BCUT2D eigenvalue weighted by Gasteiger charge is -2.17. The molecule has 1 heterocycles. The van der Waals surface area contributed by atoms with Crippen LogP contribution >= 0.6 is 11.3 Å². The summed E-state index contributed by atoms with van der Waals surface area (Å²) in [4.78, 5) is 28.5. The summed E-state index contributed by atoms with van der Waals surface area (Å²) < 4.78 is 0. The zero-order chi connectivity index (χ0) is 19.2. The van der Waals surface area contributed by atoms with E-state index in [0.29, 0.717) is 17.5 Å². The van der Waals surface area contributed by atoms with Crippen LogP contribution in [-0.2, 0) is 12.8 Å². The summed E-state index contributed by atoms with van der Waals surface area (Å²) in [6.45, 7) is 2.05. The summed E-state index contributed by atoms with van der Waals surface area (Å²) in [5.74, 6) is -0.592. The van der Waals surface area contributed by atoms with Crippen molar-refractivity contribution >= 4 is 23.2 Å². The Morgan fingerprint density at radius 3 is 2.37 bits per heavy atom. The van der Waals surface area contributed by atoms with Crippen molar-refractivity contribution in [1.29, 1.82) is 0 Å². The quantitative estimate of drug-likeness (QED) is 0.659. The van der Waals surface area contributed by atoms with E-state index in [1.54, 1.807) is 35.6 Å². The summed E-state index contributed by atoms with van der Waals surface area (Å²) in [5, 5.41) is 5.98. The Balaban J connectivity index is 1.83. The van der Waals surface area contributed by atoms with Gasteiger partial charge < -0.3 is 11.1 Å². The van der Waals surface area contributed by atoms with Crippen molar-refractivity contribution in [3.05, 3.63) is 87.4 Å². The first-order chi connectivity index (χ1) is 13.1. The molecule has 6 heteroatoms. The second kappa shape index (κ2) is 8.60. The van der Waals surface area contributed by atoms with Gasteiger partial charge in [-0.1, -0.05) is 37.3 Å². The molecule has 0 saturated carbocycles. The normalized spacial score (nSPS) is 11.7. The molecule has 2 aromatic carbocycles. The van der Waals surface area contributed by atoms with Crippen LogP contribution in [0.3, 0.4) is 0 Å². The molecule has 0 saturated heterocycles. The predicted molar refractivity (Wildman–Crippen MR) is 107 cm³/mol. The third kappa shape index (κ3) is 4.80. The highest BCUT2D eigenvalue weighted by Gasteiger charge is 2.20. The van der Waals surface area contributed by atoms with Crippen LogP contribution in [0, 0.1) is 0 Å². The predicted octanol–water partition coefficient (Wildman–Crippen LogP) is 3.52. The molecule has 138 valence electrons. The van der Waals surface area contributed by atoms with Gasteiger partial charge in [0.1, 0.15) is 5.01 Å². The van der Waals surface area contributed by atoms with Gasteiger partial charge in [-0.25, -0.2) is 4.98 Å². The van der Waals surface area contributed by atoms with E-state index >= 15 is 0 Å². The minimum absolute atomic E-state index is 0.136. The van der Waals surface area contributed by atoms with Crippen LogP contribution < -0.4 is 11.1 Å². The van der Waals surface area contributed by atoms with E-state index in [-0.39, 0.29) is 11.9 Å². The molecule has 1 atom stereocenters. The molecular formula is C21H21N3O2S. The van der Waals surface area contributed by atoms with Crippen LogP contribution in [0.2, 0.25) is 0 Å². The number of hydrogen-bond donors (Lipinski definition) is 2. The summed E-state index contributed by atoms with van der Waals surface area (Å²) in [7, 11) is 0. The van der Waals surface area contributed by atoms with Gasteiger partial charge in [-0.2, -0.15) is 0 Å². The van der Waals surface area contributed by atoms with Crippen molar-refractivity contribution in [2.24, 2.45) is 5.73 Å². The highest BCUT2D eigenvalue weighted by atomic mass is 32.1. The minimum atomic E-state index is -0.456. The van der Waals surface area contributed by atoms with E-state index in [0.717, 1.165) is 22.7 Å². The minimum Gasteiger partial charge on any atom is -0.366 e. The number of thiazole rings is 1. The Bertz CT molecular complexity index is 920. The molecule has 5 nitrogen and oxygen atoms in total. The van der Waals surface area contributed by atoms with Crippen LogP contribution in [0.4, 0.5) is 0 Å². The number of amides is 2. The molecule has 3 N–H and O–H groups in total. The van der Waals surface area contributed by atoms with Crippen LogP contribution in [-0.4, -0.2) is 16.8 Å². The lowest BCUT2D eigenvalue weighted by Crippen LogP contribution is -2.30. The van der Waals surface area contributed by atoms with E-state index in [1.165, 1.54) is 0 Å². The highest BCUT2D eigenvalue weighted by Crippen LogP contribution is 2.23. The molecule has 0 radical (unpaired) electrons. The number of nitrogens with two attached hydrogens (primary N) is 1. The molecule has 27 heavy (non-hydrogen) atoms. The number of aryl methyl sites for hydroxylation is 1. The Morgan fingerprint density at radius 1 is 1.07 bits per heavy atom. The molecule has 0 bridgehead atoms. The van der Waals surface area contributed by atoms with E-state index in [1.807, 2.05) is 35.7 Å². The van der Waals surface area contributed by atoms with E-state index in [2.05, 4.69) is 17.2 Å². The molecule has 0 fully saturated rings. The van der Waals surface area contributed by atoms with Crippen molar-refractivity contribution in [3.8, 4) is 0 Å². The lowest BCUT2D eigenvalue weighted by atomic mass is 10.0. The molecule has 3 aromatic rings. The zero-order valence-corrected chi connectivity index (χ0v) is 15.8. The summed E-state index contributed by atoms with van der Waals surface area (Å²) in [6.07, 6.45) is 1.43. The fourth-order valence-electron chi connectivity index (χ4n) is 2.72. The molecule has 2 amide bonds. The van der Waals surface area contributed by atoms with Crippen molar-refractivity contribution in [2.75, 3.05) is 0 Å². The monoisotopic (exact) mass is 379 g/mol. The Morgan fingerprint density at radius 2 is 1.78 bits per heavy atom. The van der Waals surface area contributed by atoms with Crippen LogP contribution in [0.25, 0.3) is 0 Å². The van der Waals surface area contributed by atoms with Gasteiger partial charge in [0.25, 0.3) is 5.91 Å².